The first-order valence-electron chi connectivity index (χ1n) is 9.12. The van der Waals surface area contributed by atoms with Crippen molar-refractivity contribution in [2.75, 3.05) is 11.9 Å². The molecular weight excluding hydrogens is 536 g/mol. The normalized spacial score (nSPS) is 12.2. The maximum atomic E-state index is 12.4. The molecule has 3 aromatic carbocycles. The quantitative estimate of drug-likeness (QED) is 0.190. The number of fused-ring (bicyclic) bond motifs is 1. The number of hydrogen-bond acceptors (Lipinski definition) is 3. The molecule has 168 valence electrons. The van der Waals surface area contributed by atoms with Crippen molar-refractivity contribution in [2.24, 2.45) is 0 Å². The van der Waals surface area contributed by atoms with Crippen LogP contribution in [0.15, 0.2) is 60.7 Å². The first-order chi connectivity index (χ1) is 15.1. The predicted molar refractivity (Wildman–Crippen MR) is 137 cm³/mol. The summed E-state index contributed by atoms with van der Waals surface area (Å²) >= 11 is 35.3. The Labute approximate surface area is 215 Å². The van der Waals surface area contributed by atoms with Gasteiger partial charge in [-0.2, -0.15) is 0 Å². The number of carbonyl (C=O) groups is 1. The summed E-state index contributed by atoms with van der Waals surface area (Å²) < 4.78 is 3.50. The van der Waals surface area contributed by atoms with Crippen LogP contribution in [0.2, 0.25) is 10.0 Å². The van der Waals surface area contributed by atoms with Crippen molar-refractivity contribution in [3.05, 3.63) is 70.7 Å². The second-order valence-corrected chi connectivity index (χ2v) is 10.2. The highest BCUT2D eigenvalue weighted by molar-refractivity contribution is 7.80. The van der Waals surface area contributed by atoms with Gasteiger partial charge in [0.1, 0.15) is 11.9 Å². The monoisotopic (exact) mass is 549 g/mol. The summed E-state index contributed by atoms with van der Waals surface area (Å²) in [7, 11) is 0. The number of hydrogen-bond donors (Lipinski definition) is 3. The van der Waals surface area contributed by atoms with E-state index in [9.17, 15) is 4.79 Å². The van der Waals surface area contributed by atoms with E-state index < -0.39 is 15.9 Å². The van der Waals surface area contributed by atoms with Gasteiger partial charge in [-0.15, -0.1) is 0 Å². The van der Waals surface area contributed by atoms with Crippen LogP contribution in [0.4, 0.5) is 5.69 Å². The number of nitrogens with one attached hydrogen (secondary N) is 3. The van der Waals surface area contributed by atoms with Crippen LogP contribution in [0, 0.1) is 0 Å². The highest BCUT2D eigenvalue weighted by Crippen LogP contribution is 2.30. The fraction of sp³-hybridized carbons (Fsp3) is 0.143. The molecule has 0 aromatic heterocycles. The third-order valence-corrected chi connectivity index (χ3v) is 5.60. The molecule has 0 saturated heterocycles. The molecule has 0 aliphatic heterocycles. The van der Waals surface area contributed by atoms with Crippen molar-refractivity contribution in [1.29, 1.82) is 0 Å². The van der Waals surface area contributed by atoms with E-state index in [1.165, 1.54) is 6.07 Å². The minimum absolute atomic E-state index is 0.152. The molecule has 0 radical (unpaired) electrons. The number of anilines is 1. The summed E-state index contributed by atoms with van der Waals surface area (Å²) in [4.78, 5) is 12.4. The molecule has 1 unspecified atom stereocenters. The third-order valence-electron chi connectivity index (χ3n) is 4.20. The van der Waals surface area contributed by atoms with Crippen molar-refractivity contribution >= 4 is 97.7 Å². The Hall–Kier alpha value is -1.67. The molecular formula is C21H16Cl5N3O2S. The third kappa shape index (κ3) is 6.91. The molecule has 0 heterocycles. The molecule has 32 heavy (non-hydrogen) atoms. The van der Waals surface area contributed by atoms with Gasteiger partial charge in [-0.1, -0.05) is 94.4 Å². The van der Waals surface area contributed by atoms with Gasteiger partial charge in [0.05, 0.1) is 5.02 Å². The fourth-order valence-electron chi connectivity index (χ4n) is 2.76. The molecule has 3 rings (SSSR count). The summed E-state index contributed by atoms with van der Waals surface area (Å²) in [6.45, 7) is -0.371. The SMILES string of the molecule is O=C(COc1ccc(Cl)cc1Cl)NC(NC(=S)Nc1cccc2ccccc12)C(Cl)(Cl)Cl. The standard InChI is InChI=1S/C21H16Cl5N3O2S/c22-13-8-9-17(15(23)10-13)31-11-18(30)28-19(21(24,25)26)29-20(32)27-16-7-3-5-12-4-1-2-6-14(12)16/h1-10,19H,11H2,(H,28,30)(H2,27,29,32). The Morgan fingerprint density at radius 2 is 1.72 bits per heavy atom. The molecule has 0 aliphatic carbocycles. The van der Waals surface area contributed by atoms with E-state index in [1.807, 2.05) is 42.5 Å². The van der Waals surface area contributed by atoms with E-state index in [0.717, 1.165) is 16.5 Å². The predicted octanol–water partition coefficient (Wildman–Crippen LogP) is 6.32. The van der Waals surface area contributed by atoms with Crippen LogP contribution in [0.3, 0.4) is 0 Å². The molecule has 11 heteroatoms. The summed E-state index contributed by atoms with van der Waals surface area (Å²) in [6.07, 6.45) is -1.14. The summed E-state index contributed by atoms with van der Waals surface area (Å²) in [5, 5.41) is 11.3. The number of halogens is 5. The molecule has 0 bridgehead atoms. The number of amides is 1. The Morgan fingerprint density at radius 3 is 2.44 bits per heavy atom. The van der Waals surface area contributed by atoms with Crippen LogP contribution in [0.25, 0.3) is 10.8 Å². The minimum Gasteiger partial charge on any atom is -0.482 e. The summed E-state index contributed by atoms with van der Waals surface area (Å²) in [6, 6.07) is 18.2. The summed E-state index contributed by atoms with van der Waals surface area (Å²) in [5.74, 6) is -0.273. The second kappa shape index (κ2) is 11.0. The Morgan fingerprint density at radius 1 is 1.00 bits per heavy atom. The van der Waals surface area contributed by atoms with Crippen molar-refractivity contribution in [1.82, 2.24) is 10.6 Å². The van der Waals surface area contributed by atoms with Crippen LogP contribution < -0.4 is 20.7 Å². The van der Waals surface area contributed by atoms with Gasteiger partial charge in [-0.05, 0) is 41.9 Å². The molecule has 5 nitrogen and oxygen atoms in total. The highest BCUT2D eigenvalue weighted by atomic mass is 35.6. The number of alkyl halides is 3. The van der Waals surface area contributed by atoms with Crippen LogP contribution >= 0.6 is 70.2 Å². The largest absolute Gasteiger partial charge is 0.482 e. The number of benzene rings is 3. The zero-order chi connectivity index (χ0) is 23.3. The van der Waals surface area contributed by atoms with Gasteiger partial charge in [-0.3, -0.25) is 4.79 Å². The minimum atomic E-state index is -1.90. The van der Waals surface area contributed by atoms with Gasteiger partial charge in [0.25, 0.3) is 5.91 Å². The van der Waals surface area contributed by atoms with Crippen LogP contribution in [0.1, 0.15) is 0 Å². The van der Waals surface area contributed by atoms with E-state index >= 15 is 0 Å². The highest BCUT2D eigenvalue weighted by Gasteiger charge is 2.34. The molecule has 0 spiro atoms. The lowest BCUT2D eigenvalue weighted by Gasteiger charge is -2.28. The van der Waals surface area contributed by atoms with Gasteiger partial charge in [0.2, 0.25) is 3.79 Å². The smallest absolute Gasteiger partial charge is 0.259 e. The lowest BCUT2D eigenvalue weighted by Crippen LogP contribution is -2.57. The van der Waals surface area contributed by atoms with E-state index in [-0.39, 0.29) is 22.5 Å². The fourth-order valence-corrected chi connectivity index (χ4v) is 3.78. The molecule has 0 saturated carbocycles. The zero-order valence-electron chi connectivity index (χ0n) is 16.2. The first kappa shape index (κ1) is 25.0. The lowest BCUT2D eigenvalue weighted by atomic mass is 10.1. The molecule has 3 N–H and O–H groups in total. The van der Waals surface area contributed by atoms with Gasteiger partial charge in [-0.25, -0.2) is 0 Å². The van der Waals surface area contributed by atoms with E-state index in [2.05, 4.69) is 16.0 Å². The topological polar surface area (TPSA) is 62.4 Å². The average molecular weight is 552 g/mol. The van der Waals surface area contributed by atoms with Gasteiger partial charge < -0.3 is 20.7 Å². The van der Waals surface area contributed by atoms with Gasteiger partial charge in [0.15, 0.2) is 11.7 Å². The molecule has 0 fully saturated rings. The van der Waals surface area contributed by atoms with Gasteiger partial charge in [0, 0.05) is 16.1 Å². The maximum Gasteiger partial charge on any atom is 0.259 e. The van der Waals surface area contributed by atoms with Crippen molar-refractivity contribution in [3.63, 3.8) is 0 Å². The number of rotatable bonds is 6. The van der Waals surface area contributed by atoms with Crippen LogP contribution in [0.5, 0.6) is 5.75 Å². The first-order valence-corrected chi connectivity index (χ1v) is 11.4. The summed E-state index contributed by atoms with van der Waals surface area (Å²) in [5.41, 5.74) is 0.760. The van der Waals surface area contributed by atoms with Crippen molar-refractivity contribution < 1.29 is 9.53 Å². The Balaban J connectivity index is 1.63. The molecule has 1 atom stereocenters. The molecule has 0 aliphatic rings. The zero-order valence-corrected chi connectivity index (χ0v) is 20.8. The van der Waals surface area contributed by atoms with E-state index in [1.54, 1.807) is 12.1 Å². The van der Waals surface area contributed by atoms with E-state index in [4.69, 9.17) is 75.0 Å². The van der Waals surface area contributed by atoms with E-state index in [0.29, 0.717) is 5.02 Å². The lowest BCUT2D eigenvalue weighted by molar-refractivity contribution is -0.123. The number of thiocarbonyl (C=S) groups is 1. The van der Waals surface area contributed by atoms with Crippen molar-refractivity contribution in [3.8, 4) is 5.75 Å². The maximum absolute atomic E-state index is 12.4. The van der Waals surface area contributed by atoms with Crippen LogP contribution in [-0.4, -0.2) is 27.6 Å². The van der Waals surface area contributed by atoms with Crippen molar-refractivity contribution in [2.45, 2.75) is 9.96 Å². The number of carbonyl (C=O) groups excluding carboxylic acids is 1. The Bertz CT molecular complexity index is 1130. The average Bonchev–Trinajstić information content (AvgIpc) is 2.72. The molecule has 3 aromatic rings. The number of ether oxygens (including phenoxy) is 1. The van der Waals surface area contributed by atoms with Gasteiger partial charge >= 0.3 is 0 Å². The molecule has 1 amide bonds. The Kier molecular flexibility index (Phi) is 8.55. The van der Waals surface area contributed by atoms with Crippen LogP contribution in [-0.2, 0) is 4.79 Å². The second-order valence-electron chi connectivity index (χ2n) is 6.53.